The molecule has 0 bridgehead atoms. The largest absolute Gasteiger partial charge is 0.377 e. The zero-order chi connectivity index (χ0) is 14.9. The first-order valence-electron chi connectivity index (χ1n) is 6.91. The summed E-state index contributed by atoms with van der Waals surface area (Å²) in [5, 5.41) is 1.02. The Morgan fingerprint density at radius 1 is 1.25 bits per heavy atom. The van der Waals surface area contributed by atoms with Gasteiger partial charge < -0.3 is 20.1 Å². The van der Waals surface area contributed by atoms with E-state index in [1.165, 1.54) is 4.88 Å². The first kappa shape index (κ1) is 15.7. The summed E-state index contributed by atoms with van der Waals surface area (Å²) in [6, 6.07) is 0. The van der Waals surface area contributed by atoms with Crippen molar-refractivity contribution in [1.29, 1.82) is 0 Å². The fourth-order valence-corrected chi connectivity index (χ4v) is 3.72. The number of hydrogen-bond acceptors (Lipinski definition) is 6. The molecule has 0 aliphatic carbocycles. The topological polar surface area (TPSA) is 60.6 Å². The number of anilines is 1. The van der Waals surface area contributed by atoms with Gasteiger partial charge >= 0.3 is 0 Å². The molecule has 0 amide bonds. The molecular formula is C14H25N3O2S. The van der Waals surface area contributed by atoms with E-state index in [2.05, 4.69) is 25.7 Å². The molecule has 2 N–H and O–H groups in total. The maximum atomic E-state index is 5.87. The van der Waals surface area contributed by atoms with E-state index in [1.807, 2.05) is 0 Å². The van der Waals surface area contributed by atoms with Gasteiger partial charge in [-0.1, -0.05) is 20.8 Å². The Hall–Kier alpha value is -0.690. The molecule has 6 heteroatoms. The molecule has 2 unspecified atom stereocenters. The predicted molar refractivity (Wildman–Crippen MR) is 82.5 cm³/mol. The Kier molecular flexibility index (Phi) is 4.69. The van der Waals surface area contributed by atoms with Gasteiger partial charge in [-0.2, -0.15) is 0 Å². The zero-order valence-electron chi connectivity index (χ0n) is 13.0. The van der Waals surface area contributed by atoms with Crippen LogP contribution in [0.1, 0.15) is 31.3 Å². The molecule has 5 nitrogen and oxygen atoms in total. The van der Waals surface area contributed by atoms with Crippen molar-refractivity contribution < 1.29 is 9.47 Å². The average Bonchev–Trinajstić information content (AvgIpc) is 3.00. The summed E-state index contributed by atoms with van der Waals surface area (Å²) in [4.78, 5) is 8.23. The van der Waals surface area contributed by atoms with Crippen LogP contribution in [0.4, 0.5) is 5.13 Å². The third kappa shape index (κ3) is 2.98. The van der Waals surface area contributed by atoms with Crippen molar-refractivity contribution in [3.8, 4) is 0 Å². The molecule has 1 aromatic heterocycles. The molecule has 2 heterocycles. The minimum Gasteiger partial charge on any atom is -0.377 e. The number of ether oxygens (including phenoxy) is 2. The van der Waals surface area contributed by atoms with Gasteiger partial charge in [0.15, 0.2) is 5.13 Å². The summed E-state index contributed by atoms with van der Waals surface area (Å²) in [5.74, 6) is 0. The Labute approximate surface area is 125 Å². The van der Waals surface area contributed by atoms with Crippen molar-refractivity contribution in [2.75, 3.05) is 32.2 Å². The highest BCUT2D eigenvalue weighted by Gasteiger charge is 2.35. The number of nitrogens with two attached hydrogens (primary N) is 1. The summed E-state index contributed by atoms with van der Waals surface area (Å²) in [5.41, 5.74) is 6.99. The lowest BCUT2D eigenvalue weighted by molar-refractivity contribution is -0.00461. The Balaban J connectivity index is 2.24. The monoisotopic (exact) mass is 299 g/mol. The van der Waals surface area contributed by atoms with Gasteiger partial charge in [0, 0.05) is 44.1 Å². The third-order valence-corrected chi connectivity index (χ3v) is 4.81. The van der Waals surface area contributed by atoms with Crippen LogP contribution in [0.15, 0.2) is 0 Å². The average molecular weight is 299 g/mol. The fourth-order valence-electron chi connectivity index (χ4n) is 2.55. The quantitative estimate of drug-likeness (QED) is 0.918. The minimum absolute atomic E-state index is 0.0183. The van der Waals surface area contributed by atoms with Crippen molar-refractivity contribution in [3.63, 3.8) is 0 Å². The van der Waals surface area contributed by atoms with Gasteiger partial charge in [-0.3, -0.25) is 0 Å². The van der Waals surface area contributed by atoms with Crippen LogP contribution in [0.2, 0.25) is 0 Å². The molecule has 0 saturated carbocycles. The van der Waals surface area contributed by atoms with Crippen molar-refractivity contribution in [1.82, 2.24) is 4.98 Å². The SMILES string of the molecule is COC1CN(c2nc(C(C)(C)C)c(CN)s2)CC1OC. The van der Waals surface area contributed by atoms with E-state index in [0.29, 0.717) is 6.54 Å². The molecule has 20 heavy (non-hydrogen) atoms. The van der Waals surface area contributed by atoms with Gasteiger partial charge in [0.05, 0.1) is 5.69 Å². The van der Waals surface area contributed by atoms with Crippen LogP contribution < -0.4 is 10.6 Å². The molecule has 0 aromatic carbocycles. The molecule has 2 atom stereocenters. The lowest BCUT2D eigenvalue weighted by Gasteiger charge is -2.17. The number of rotatable bonds is 4. The minimum atomic E-state index is 0.0183. The van der Waals surface area contributed by atoms with Gasteiger partial charge in [0.25, 0.3) is 0 Å². The van der Waals surface area contributed by atoms with Crippen LogP contribution >= 0.6 is 11.3 Å². The predicted octanol–water partition coefficient (Wildman–Crippen LogP) is 1.75. The van der Waals surface area contributed by atoms with Gasteiger partial charge in [-0.05, 0) is 0 Å². The summed E-state index contributed by atoms with van der Waals surface area (Å²) in [7, 11) is 3.46. The molecule has 1 aromatic rings. The zero-order valence-corrected chi connectivity index (χ0v) is 13.8. The lowest BCUT2D eigenvalue weighted by atomic mass is 9.91. The smallest absolute Gasteiger partial charge is 0.186 e. The van der Waals surface area contributed by atoms with Crippen molar-refractivity contribution in [2.24, 2.45) is 5.73 Å². The molecular weight excluding hydrogens is 274 g/mol. The van der Waals surface area contributed by atoms with Crippen LogP contribution in [-0.4, -0.2) is 44.5 Å². The van der Waals surface area contributed by atoms with Gasteiger partial charge in [0.1, 0.15) is 12.2 Å². The first-order valence-corrected chi connectivity index (χ1v) is 7.73. The highest BCUT2D eigenvalue weighted by molar-refractivity contribution is 7.15. The Morgan fingerprint density at radius 2 is 1.80 bits per heavy atom. The molecule has 1 saturated heterocycles. The highest BCUT2D eigenvalue weighted by Crippen LogP contribution is 2.35. The lowest BCUT2D eigenvalue weighted by Crippen LogP contribution is -2.27. The van der Waals surface area contributed by atoms with Crippen molar-refractivity contribution in [3.05, 3.63) is 10.6 Å². The molecule has 0 radical (unpaired) electrons. The van der Waals surface area contributed by atoms with Gasteiger partial charge in [-0.15, -0.1) is 11.3 Å². The van der Waals surface area contributed by atoms with E-state index in [9.17, 15) is 0 Å². The van der Waals surface area contributed by atoms with Crippen LogP contribution in [0.25, 0.3) is 0 Å². The van der Waals surface area contributed by atoms with Gasteiger partial charge in [-0.25, -0.2) is 4.98 Å². The number of nitrogens with zero attached hydrogens (tertiary/aromatic N) is 2. The fraction of sp³-hybridized carbons (Fsp3) is 0.786. The summed E-state index contributed by atoms with van der Waals surface area (Å²) in [6.45, 7) is 8.69. The second kappa shape index (κ2) is 5.97. The normalized spacial score (nSPS) is 23.6. The number of aromatic nitrogens is 1. The van der Waals surface area contributed by atoms with Crippen molar-refractivity contribution in [2.45, 2.75) is 44.9 Å². The highest BCUT2D eigenvalue weighted by atomic mass is 32.1. The van der Waals surface area contributed by atoms with E-state index >= 15 is 0 Å². The standard InChI is InChI=1S/C14H25N3O2S/c1-14(2,3)12-11(6-15)20-13(16-12)17-7-9(18-4)10(8-17)19-5/h9-10H,6-8,15H2,1-5H3. The van der Waals surface area contributed by atoms with E-state index in [0.717, 1.165) is 23.9 Å². The maximum absolute atomic E-state index is 5.87. The second-order valence-electron chi connectivity index (χ2n) is 6.18. The van der Waals surface area contributed by atoms with Crippen LogP contribution in [0, 0.1) is 0 Å². The molecule has 1 aliphatic rings. The van der Waals surface area contributed by atoms with Crippen LogP contribution in [0.5, 0.6) is 0 Å². The van der Waals surface area contributed by atoms with E-state index < -0.39 is 0 Å². The van der Waals surface area contributed by atoms with Crippen LogP contribution in [0.3, 0.4) is 0 Å². The van der Waals surface area contributed by atoms with E-state index in [-0.39, 0.29) is 17.6 Å². The summed E-state index contributed by atoms with van der Waals surface area (Å²) >= 11 is 1.69. The molecule has 0 spiro atoms. The second-order valence-corrected chi connectivity index (χ2v) is 7.24. The van der Waals surface area contributed by atoms with Crippen molar-refractivity contribution >= 4 is 16.5 Å². The summed E-state index contributed by atoms with van der Waals surface area (Å²) < 4.78 is 11.0. The molecule has 114 valence electrons. The van der Waals surface area contributed by atoms with E-state index in [1.54, 1.807) is 25.6 Å². The summed E-state index contributed by atoms with van der Waals surface area (Å²) in [6.07, 6.45) is 0.201. The number of thiazole rings is 1. The number of hydrogen-bond donors (Lipinski definition) is 1. The Morgan fingerprint density at radius 3 is 2.15 bits per heavy atom. The third-order valence-electron chi connectivity index (χ3n) is 3.67. The van der Waals surface area contributed by atoms with E-state index in [4.69, 9.17) is 20.2 Å². The Bertz CT molecular complexity index is 444. The molecule has 1 fully saturated rings. The maximum Gasteiger partial charge on any atom is 0.186 e. The first-order chi connectivity index (χ1) is 9.40. The van der Waals surface area contributed by atoms with Gasteiger partial charge in [0.2, 0.25) is 0 Å². The molecule has 1 aliphatic heterocycles. The molecule has 2 rings (SSSR count). The van der Waals surface area contributed by atoms with Crippen LogP contribution in [-0.2, 0) is 21.4 Å². The number of methoxy groups -OCH3 is 2.